The van der Waals surface area contributed by atoms with E-state index in [9.17, 15) is 4.79 Å². The maximum Gasteiger partial charge on any atom is 0.308 e. The lowest BCUT2D eigenvalue weighted by Gasteiger charge is -2.24. The van der Waals surface area contributed by atoms with Crippen LogP contribution in [0.1, 0.15) is 279 Å². The van der Waals surface area contributed by atoms with Crippen LogP contribution in [0.5, 0.6) is 0 Å². The topological polar surface area (TPSA) is 26.3 Å². The summed E-state index contributed by atoms with van der Waals surface area (Å²) in [5, 5.41) is 0. The molecule has 0 saturated carbocycles. The zero-order chi connectivity index (χ0) is 36.6. The number of hydrogen-bond acceptors (Lipinski definition) is 2. The fourth-order valence-corrected chi connectivity index (χ4v) is 8.12. The fraction of sp³-hybridized carbons (Fsp3) is 0.979. The average Bonchev–Trinajstić information content (AvgIpc) is 3.12. The second-order valence-corrected chi connectivity index (χ2v) is 16.8. The van der Waals surface area contributed by atoms with Gasteiger partial charge in [0.05, 0.1) is 12.5 Å². The van der Waals surface area contributed by atoms with Gasteiger partial charge in [-0.3, -0.25) is 4.79 Å². The largest absolute Gasteiger partial charge is 0.465 e. The van der Waals surface area contributed by atoms with Crippen LogP contribution in [0, 0.1) is 17.8 Å². The van der Waals surface area contributed by atoms with Crippen LogP contribution in [0.15, 0.2) is 0 Å². The highest BCUT2D eigenvalue weighted by Gasteiger charge is 2.25. The van der Waals surface area contributed by atoms with E-state index >= 15 is 0 Å². The maximum absolute atomic E-state index is 13.9. The molecule has 0 rings (SSSR count). The molecule has 0 N–H and O–H groups in total. The van der Waals surface area contributed by atoms with Gasteiger partial charge in [-0.2, -0.15) is 0 Å². The second kappa shape index (κ2) is 41.2. The van der Waals surface area contributed by atoms with Crippen molar-refractivity contribution in [3.8, 4) is 0 Å². The molecule has 0 aliphatic heterocycles. The molecule has 50 heavy (non-hydrogen) atoms. The van der Waals surface area contributed by atoms with Gasteiger partial charge in [0.2, 0.25) is 0 Å². The van der Waals surface area contributed by atoms with Gasteiger partial charge in [-0.25, -0.2) is 0 Å². The Morgan fingerprint density at radius 3 is 0.940 bits per heavy atom. The van der Waals surface area contributed by atoms with Gasteiger partial charge >= 0.3 is 5.97 Å². The van der Waals surface area contributed by atoms with Crippen molar-refractivity contribution in [1.82, 2.24) is 0 Å². The van der Waals surface area contributed by atoms with E-state index in [1.165, 1.54) is 231 Å². The molecule has 0 aromatic rings. The fourth-order valence-electron chi connectivity index (χ4n) is 8.12. The zero-order valence-corrected chi connectivity index (χ0v) is 35.6. The first-order chi connectivity index (χ1) is 24.6. The van der Waals surface area contributed by atoms with Gasteiger partial charge in [0.1, 0.15) is 0 Å². The lowest BCUT2D eigenvalue weighted by atomic mass is 9.84. The molecule has 0 aliphatic carbocycles. The molecule has 0 saturated heterocycles. The Hall–Kier alpha value is -0.530. The molecule has 0 spiro atoms. The summed E-state index contributed by atoms with van der Waals surface area (Å²) in [6.45, 7) is 12.2. The summed E-state index contributed by atoms with van der Waals surface area (Å²) in [6.07, 6.45) is 50.6. The summed E-state index contributed by atoms with van der Waals surface area (Å²) in [5.74, 6) is 1.53. The van der Waals surface area contributed by atoms with Crippen molar-refractivity contribution in [2.75, 3.05) is 6.61 Å². The molecule has 0 bridgehead atoms. The third kappa shape index (κ3) is 34.6. The molecular formula is C48H96O2. The van der Waals surface area contributed by atoms with Crippen molar-refractivity contribution >= 4 is 5.97 Å². The van der Waals surface area contributed by atoms with Crippen LogP contribution in [-0.2, 0) is 9.53 Å². The molecular weight excluding hydrogens is 609 g/mol. The number of carbonyl (C=O) groups is 1. The monoisotopic (exact) mass is 705 g/mol. The van der Waals surface area contributed by atoms with Crippen molar-refractivity contribution in [2.24, 2.45) is 17.8 Å². The van der Waals surface area contributed by atoms with Crippen LogP contribution < -0.4 is 0 Å². The minimum absolute atomic E-state index is 0.115. The van der Waals surface area contributed by atoms with Crippen molar-refractivity contribution in [1.29, 1.82) is 0 Å². The van der Waals surface area contributed by atoms with E-state index in [1.54, 1.807) is 0 Å². The third-order valence-electron chi connectivity index (χ3n) is 11.7. The molecule has 2 heteroatoms. The van der Waals surface area contributed by atoms with Gasteiger partial charge in [0, 0.05) is 0 Å². The molecule has 0 radical (unpaired) electrons. The van der Waals surface area contributed by atoms with Gasteiger partial charge in [-0.1, -0.05) is 253 Å². The van der Waals surface area contributed by atoms with Crippen LogP contribution in [0.4, 0.5) is 0 Å². The molecule has 0 aromatic carbocycles. The quantitative estimate of drug-likeness (QED) is 0.0467. The molecule has 0 aliphatic rings. The molecule has 300 valence electrons. The van der Waals surface area contributed by atoms with Crippen LogP contribution >= 0.6 is 0 Å². The van der Waals surface area contributed by atoms with Gasteiger partial charge in [0.15, 0.2) is 0 Å². The normalized spacial score (nSPS) is 13.5. The third-order valence-corrected chi connectivity index (χ3v) is 11.7. The first-order valence-electron chi connectivity index (χ1n) is 23.8. The Balaban J connectivity index is 5.17. The number of hydrogen-bond donors (Lipinski definition) is 0. The van der Waals surface area contributed by atoms with Gasteiger partial charge in [0.25, 0.3) is 0 Å². The minimum atomic E-state index is 0.115. The van der Waals surface area contributed by atoms with Crippen molar-refractivity contribution in [3.05, 3.63) is 0 Å². The molecule has 0 aromatic heterocycles. The van der Waals surface area contributed by atoms with Crippen molar-refractivity contribution < 1.29 is 9.53 Å². The predicted octanol–water partition coefficient (Wildman–Crippen LogP) is 17.3. The number of unbranched alkanes of at least 4 members (excludes halogenated alkanes) is 27. The first kappa shape index (κ1) is 49.5. The van der Waals surface area contributed by atoms with Gasteiger partial charge < -0.3 is 4.74 Å². The number of ether oxygens (including phenoxy) is 1. The number of rotatable bonds is 42. The van der Waals surface area contributed by atoms with Crippen LogP contribution in [-0.4, -0.2) is 12.6 Å². The van der Waals surface area contributed by atoms with E-state index in [1.807, 2.05) is 0 Å². The van der Waals surface area contributed by atoms with Crippen molar-refractivity contribution in [3.63, 3.8) is 0 Å². The molecule has 0 fully saturated rings. The van der Waals surface area contributed by atoms with Crippen LogP contribution in [0.3, 0.4) is 0 Å². The van der Waals surface area contributed by atoms with Crippen LogP contribution in [0.2, 0.25) is 0 Å². The summed E-state index contributed by atoms with van der Waals surface area (Å²) in [4.78, 5) is 13.9. The maximum atomic E-state index is 13.9. The Bertz CT molecular complexity index is 644. The summed E-state index contributed by atoms with van der Waals surface area (Å²) in [7, 11) is 0. The second-order valence-electron chi connectivity index (χ2n) is 16.8. The van der Waals surface area contributed by atoms with E-state index in [4.69, 9.17) is 4.74 Å². The molecule has 0 amide bonds. The summed E-state index contributed by atoms with van der Waals surface area (Å²) >= 11 is 0. The molecule has 0 heterocycles. The number of esters is 1. The Morgan fingerprint density at radius 1 is 0.340 bits per heavy atom. The summed E-state index contributed by atoms with van der Waals surface area (Å²) in [6, 6.07) is 0. The highest BCUT2D eigenvalue weighted by Crippen LogP contribution is 2.30. The minimum Gasteiger partial charge on any atom is -0.465 e. The zero-order valence-electron chi connectivity index (χ0n) is 35.6. The van der Waals surface area contributed by atoms with Crippen LogP contribution in [0.25, 0.3) is 0 Å². The molecule has 3 unspecified atom stereocenters. The van der Waals surface area contributed by atoms with E-state index in [0.717, 1.165) is 12.8 Å². The van der Waals surface area contributed by atoms with E-state index in [0.29, 0.717) is 18.4 Å². The van der Waals surface area contributed by atoms with Gasteiger partial charge in [-0.15, -0.1) is 0 Å². The first-order valence-corrected chi connectivity index (χ1v) is 23.8. The summed E-state index contributed by atoms with van der Waals surface area (Å²) in [5.41, 5.74) is 0. The Morgan fingerprint density at radius 2 is 0.600 bits per heavy atom. The lowest BCUT2D eigenvalue weighted by molar-refractivity contribution is -0.151. The highest BCUT2D eigenvalue weighted by molar-refractivity contribution is 5.72. The summed E-state index contributed by atoms with van der Waals surface area (Å²) < 4.78 is 6.35. The van der Waals surface area contributed by atoms with E-state index in [-0.39, 0.29) is 11.9 Å². The highest BCUT2D eigenvalue weighted by atomic mass is 16.5. The number of carbonyl (C=O) groups excluding carboxylic acids is 1. The predicted molar refractivity (Wildman–Crippen MR) is 225 cm³/mol. The SMILES string of the molecule is CCCCCCCCCCCCCCC(CC(CCCCCC)CCCCCCCC)C(=O)OCC(CCCCCC)CCCCCCCC. The molecule has 3 atom stereocenters. The molecule has 2 nitrogen and oxygen atoms in total. The Kier molecular flexibility index (Phi) is 40.8. The standard InChI is InChI=1S/C48H96O2/c1-6-11-16-21-24-25-26-27-28-29-32-37-42-47(43-45(38-33-19-14-9-4)39-35-30-22-17-12-7-2)48(49)50-44-46(40-34-20-15-10-5)41-36-31-23-18-13-8-3/h45-47H,6-44H2,1-5H3. The smallest absolute Gasteiger partial charge is 0.308 e. The van der Waals surface area contributed by atoms with E-state index < -0.39 is 0 Å². The average molecular weight is 705 g/mol. The Labute approximate surface area is 317 Å². The van der Waals surface area contributed by atoms with Gasteiger partial charge in [-0.05, 0) is 37.5 Å². The van der Waals surface area contributed by atoms with Crippen molar-refractivity contribution in [2.45, 2.75) is 279 Å². The lowest BCUT2D eigenvalue weighted by Crippen LogP contribution is -2.24. The van der Waals surface area contributed by atoms with E-state index in [2.05, 4.69) is 34.6 Å².